The fourth-order valence-corrected chi connectivity index (χ4v) is 3.96. The lowest BCUT2D eigenvalue weighted by Gasteiger charge is -2.39. The van der Waals surface area contributed by atoms with Gasteiger partial charge in [-0.25, -0.2) is 0 Å². The minimum Gasteiger partial charge on any atom is -0.394 e. The second-order valence-corrected chi connectivity index (χ2v) is 9.52. The van der Waals surface area contributed by atoms with E-state index in [1.165, 1.54) is 12.5 Å². The van der Waals surface area contributed by atoms with Crippen molar-refractivity contribution >= 4 is 17.7 Å². The summed E-state index contributed by atoms with van der Waals surface area (Å²) in [7, 11) is 0. The van der Waals surface area contributed by atoms with Crippen molar-refractivity contribution in [3.05, 3.63) is 12.7 Å². The van der Waals surface area contributed by atoms with Crippen molar-refractivity contribution in [2.45, 2.75) is 108 Å². The van der Waals surface area contributed by atoms with Crippen LogP contribution in [0.3, 0.4) is 0 Å². The third-order valence-electron chi connectivity index (χ3n) is 6.32. The number of nitrogens with one attached hydrogen (secondary N) is 3. The molecule has 0 saturated carbocycles. The zero-order valence-electron chi connectivity index (χ0n) is 22.5. The van der Waals surface area contributed by atoms with Crippen LogP contribution in [0.2, 0.25) is 0 Å². The third kappa shape index (κ3) is 13.1. The molecule has 6 atom stereocenters. The van der Waals surface area contributed by atoms with Crippen molar-refractivity contribution in [3.8, 4) is 0 Å². The lowest BCUT2D eigenvalue weighted by molar-refractivity contribution is -0.301. The van der Waals surface area contributed by atoms with E-state index < -0.39 is 49.3 Å². The minimum atomic E-state index is -1.61. The number of carbonyl (C=O) groups is 3. The molecule has 1 saturated heterocycles. The van der Waals surface area contributed by atoms with Crippen LogP contribution in [0.5, 0.6) is 0 Å². The molecule has 0 aromatic carbocycles. The second kappa shape index (κ2) is 19.9. The van der Waals surface area contributed by atoms with Crippen LogP contribution in [0.1, 0.15) is 71.1 Å². The molecule has 220 valence electrons. The summed E-state index contributed by atoms with van der Waals surface area (Å²) in [6, 6.07) is -1.08. The van der Waals surface area contributed by atoms with Crippen LogP contribution in [0.15, 0.2) is 12.7 Å². The Morgan fingerprint density at radius 1 is 0.921 bits per heavy atom. The van der Waals surface area contributed by atoms with Gasteiger partial charge < -0.3 is 45.9 Å². The van der Waals surface area contributed by atoms with Crippen LogP contribution >= 0.6 is 0 Å². The molecule has 1 unspecified atom stereocenters. The lowest BCUT2D eigenvalue weighted by Crippen LogP contribution is -2.60. The number of carbonyl (C=O) groups excluding carboxylic acids is 3. The largest absolute Gasteiger partial charge is 0.394 e. The molecule has 0 radical (unpaired) electrons. The maximum atomic E-state index is 12.8. The molecular weight excluding hydrogens is 498 g/mol. The van der Waals surface area contributed by atoms with Crippen LogP contribution in [-0.2, 0) is 23.9 Å². The molecular formula is C26H47N3O9. The number of amides is 3. The summed E-state index contributed by atoms with van der Waals surface area (Å²) < 4.78 is 10.8. The Hall–Kier alpha value is -2.09. The van der Waals surface area contributed by atoms with Crippen molar-refractivity contribution in [2.24, 2.45) is 0 Å². The van der Waals surface area contributed by atoms with E-state index in [9.17, 15) is 34.8 Å². The molecule has 38 heavy (non-hydrogen) atoms. The van der Waals surface area contributed by atoms with E-state index in [1.54, 1.807) is 0 Å². The van der Waals surface area contributed by atoms with Gasteiger partial charge in [0.25, 0.3) is 0 Å². The van der Waals surface area contributed by atoms with E-state index in [4.69, 9.17) is 9.47 Å². The number of ether oxygens (including phenoxy) is 2. The van der Waals surface area contributed by atoms with Gasteiger partial charge in [0.15, 0.2) is 6.29 Å². The van der Waals surface area contributed by atoms with Gasteiger partial charge in [-0.2, -0.15) is 0 Å². The molecule has 1 heterocycles. The Morgan fingerprint density at radius 2 is 1.55 bits per heavy atom. The first-order valence-electron chi connectivity index (χ1n) is 13.6. The van der Waals surface area contributed by atoms with E-state index in [0.717, 1.165) is 32.1 Å². The number of hydrogen-bond acceptors (Lipinski definition) is 9. The maximum Gasteiger partial charge on any atom is 0.244 e. The standard InChI is InChI=1S/C26H47N3O9/c1-3-5-6-7-8-11-15-28-25(36)18(29-21(32)13-10-9-12-14-27-20(31)4-2)17-37-26-24(35)23(34)22(33)19(16-30)38-26/h4,18-19,22-24,26,30,33-35H,2-3,5-17H2,1H3,(H,27,31)(H,28,36)(H,29,32)/t18-,19+,22+,23-,24+,26?/m0/s1. The third-order valence-corrected chi connectivity index (χ3v) is 6.32. The predicted octanol–water partition coefficient (Wildman–Crippen LogP) is -0.373. The van der Waals surface area contributed by atoms with Crippen molar-refractivity contribution < 1.29 is 44.3 Å². The first-order chi connectivity index (χ1) is 18.2. The zero-order chi connectivity index (χ0) is 28.3. The molecule has 3 amide bonds. The number of unbranched alkanes of at least 4 members (excludes halogenated alkanes) is 7. The highest BCUT2D eigenvalue weighted by atomic mass is 16.7. The van der Waals surface area contributed by atoms with Gasteiger partial charge in [0.2, 0.25) is 17.7 Å². The molecule has 1 fully saturated rings. The van der Waals surface area contributed by atoms with Crippen LogP contribution in [0.4, 0.5) is 0 Å². The first kappa shape index (κ1) is 33.9. The maximum absolute atomic E-state index is 12.8. The number of aliphatic hydroxyl groups excluding tert-OH is 4. The van der Waals surface area contributed by atoms with Crippen molar-refractivity contribution in [2.75, 3.05) is 26.3 Å². The molecule has 0 aliphatic carbocycles. The van der Waals surface area contributed by atoms with Gasteiger partial charge in [-0.1, -0.05) is 52.0 Å². The van der Waals surface area contributed by atoms with Gasteiger partial charge in [0.1, 0.15) is 30.5 Å². The highest BCUT2D eigenvalue weighted by Crippen LogP contribution is 2.22. The average molecular weight is 546 g/mol. The Bertz CT molecular complexity index is 707. The van der Waals surface area contributed by atoms with Gasteiger partial charge in [0.05, 0.1) is 13.2 Å². The van der Waals surface area contributed by atoms with E-state index in [2.05, 4.69) is 29.5 Å². The molecule has 0 bridgehead atoms. The molecule has 0 spiro atoms. The predicted molar refractivity (Wildman–Crippen MR) is 140 cm³/mol. The number of aliphatic hydroxyl groups is 4. The van der Waals surface area contributed by atoms with E-state index >= 15 is 0 Å². The molecule has 0 aromatic rings. The highest BCUT2D eigenvalue weighted by Gasteiger charge is 2.44. The summed E-state index contributed by atoms with van der Waals surface area (Å²) in [5, 5.41) is 47.5. The lowest BCUT2D eigenvalue weighted by atomic mass is 9.99. The fraction of sp³-hybridized carbons (Fsp3) is 0.808. The molecule has 0 aromatic heterocycles. The molecule has 7 N–H and O–H groups in total. The van der Waals surface area contributed by atoms with Crippen molar-refractivity contribution in [1.29, 1.82) is 0 Å². The van der Waals surface area contributed by atoms with Crippen LogP contribution < -0.4 is 16.0 Å². The summed E-state index contributed by atoms with van der Waals surface area (Å²) in [5.74, 6) is -1.07. The molecule has 1 aliphatic heterocycles. The van der Waals surface area contributed by atoms with Crippen LogP contribution in [0, 0.1) is 0 Å². The summed E-state index contributed by atoms with van der Waals surface area (Å²) >= 11 is 0. The topological polar surface area (TPSA) is 187 Å². The molecule has 1 rings (SSSR count). The van der Waals surface area contributed by atoms with Crippen LogP contribution in [-0.4, -0.2) is 101 Å². The van der Waals surface area contributed by atoms with Gasteiger partial charge >= 0.3 is 0 Å². The Balaban J connectivity index is 2.59. The van der Waals surface area contributed by atoms with E-state index in [-0.39, 0.29) is 24.8 Å². The monoisotopic (exact) mass is 545 g/mol. The second-order valence-electron chi connectivity index (χ2n) is 9.52. The Morgan fingerprint density at radius 3 is 2.21 bits per heavy atom. The van der Waals surface area contributed by atoms with Crippen LogP contribution in [0.25, 0.3) is 0 Å². The fourth-order valence-electron chi connectivity index (χ4n) is 3.96. The summed E-state index contributed by atoms with van der Waals surface area (Å²) in [6.07, 6.45) is 2.31. The van der Waals surface area contributed by atoms with Crippen molar-refractivity contribution in [3.63, 3.8) is 0 Å². The van der Waals surface area contributed by atoms with Gasteiger partial charge in [0, 0.05) is 19.5 Å². The summed E-state index contributed by atoms with van der Waals surface area (Å²) in [6.45, 7) is 5.47. The molecule has 12 nitrogen and oxygen atoms in total. The summed E-state index contributed by atoms with van der Waals surface area (Å²) in [5.41, 5.74) is 0. The van der Waals surface area contributed by atoms with Gasteiger partial charge in [-0.3, -0.25) is 14.4 Å². The molecule has 1 aliphatic rings. The highest BCUT2D eigenvalue weighted by molar-refractivity contribution is 5.87. The minimum absolute atomic E-state index is 0.163. The normalized spacial score (nSPS) is 23.9. The van der Waals surface area contributed by atoms with E-state index in [1.807, 2.05) is 0 Å². The smallest absolute Gasteiger partial charge is 0.244 e. The Labute approximate surface area is 225 Å². The van der Waals surface area contributed by atoms with Gasteiger partial charge in [-0.15, -0.1) is 0 Å². The summed E-state index contributed by atoms with van der Waals surface area (Å²) in [4.78, 5) is 36.5. The molecule has 12 heteroatoms. The van der Waals surface area contributed by atoms with E-state index in [0.29, 0.717) is 32.4 Å². The zero-order valence-corrected chi connectivity index (χ0v) is 22.5. The van der Waals surface area contributed by atoms with Crippen molar-refractivity contribution in [1.82, 2.24) is 16.0 Å². The number of hydrogen-bond donors (Lipinski definition) is 7. The quantitative estimate of drug-likeness (QED) is 0.0791. The first-order valence-corrected chi connectivity index (χ1v) is 13.6. The number of rotatable bonds is 20. The Kier molecular flexibility index (Phi) is 17.8. The van der Waals surface area contributed by atoms with Gasteiger partial charge in [-0.05, 0) is 25.3 Å². The average Bonchev–Trinajstić information content (AvgIpc) is 2.91. The SMILES string of the molecule is C=CC(=O)NCCCCCC(=O)N[C@@H](COC1O[C@H](CO)[C@@H](O)[C@H](O)[C@H]1O)C(=O)NCCCCCCCC.